The molecule has 0 radical (unpaired) electrons. The third-order valence-electron chi connectivity index (χ3n) is 3.34. The van der Waals surface area contributed by atoms with E-state index in [4.69, 9.17) is 0 Å². The molecule has 0 unspecified atom stereocenters. The quantitative estimate of drug-likeness (QED) is 0.919. The van der Waals surface area contributed by atoms with Crippen molar-refractivity contribution in [2.24, 2.45) is 0 Å². The summed E-state index contributed by atoms with van der Waals surface area (Å²) in [5.74, 6) is 0. The lowest BCUT2D eigenvalue weighted by atomic mass is 10.1. The summed E-state index contributed by atoms with van der Waals surface area (Å²) in [5, 5.41) is 0. The number of aryl methyl sites for hydroxylation is 2. The van der Waals surface area contributed by atoms with Gasteiger partial charge in [0, 0.05) is 6.54 Å². The van der Waals surface area contributed by atoms with Crippen molar-refractivity contribution in [3.63, 3.8) is 0 Å². The fourth-order valence-electron chi connectivity index (χ4n) is 2.18. The summed E-state index contributed by atoms with van der Waals surface area (Å²) in [6, 6.07) is 14.9. The number of rotatable bonds is 5. The number of benzene rings is 2. The Bertz CT molecular complexity index is 693. The molecule has 3 nitrogen and oxygen atoms in total. The van der Waals surface area contributed by atoms with Crippen molar-refractivity contribution in [1.29, 1.82) is 0 Å². The van der Waals surface area contributed by atoms with Gasteiger partial charge < -0.3 is 0 Å². The largest absolute Gasteiger partial charge is 0.241 e. The maximum absolute atomic E-state index is 12.3. The molecule has 4 heteroatoms. The van der Waals surface area contributed by atoms with Crippen molar-refractivity contribution in [1.82, 2.24) is 4.72 Å². The van der Waals surface area contributed by atoms with E-state index in [0.717, 1.165) is 17.5 Å². The summed E-state index contributed by atoms with van der Waals surface area (Å²) in [6.07, 6.45) is 0.891. The first-order chi connectivity index (χ1) is 9.54. The van der Waals surface area contributed by atoms with E-state index in [1.165, 1.54) is 5.56 Å². The van der Waals surface area contributed by atoms with Crippen LogP contribution in [0.25, 0.3) is 0 Å². The Labute approximate surface area is 120 Å². The van der Waals surface area contributed by atoms with E-state index in [1.54, 1.807) is 25.1 Å². The second-order valence-corrected chi connectivity index (χ2v) is 6.45. The van der Waals surface area contributed by atoms with Gasteiger partial charge in [0.05, 0.1) is 4.90 Å². The minimum absolute atomic E-state index is 0.320. The molecule has 0 spiro atoms. The molecule has 0 fully saturated rings. The van der Waals surface area contributed by atoms with Gasteiger partial charge in [-0.1, -0.05) is 49.4 Å². The van der Waals surface area contributed by atoms with Crippen LogP contribution in [0.1, 0.15) is 23.6 Å². The van der Waals surface area contributed by atoms with Gasteiger partial charge in [-0.25, -0.2) is 13.1 Å². The van der Waals surface area contributed by atoms with Gasteiger partial charge in [0.15, 0.2) is 0 Å². The monoisotopic (exact) mass is 289 g/mol. The first-order valence-electron chi connectivity index (χ1n) is 6.66. The standard InChI is InChI=1S/C16H19NO2S/c1-3-14-9-5-6-10-15(14)12-17-20(18,19)16-11-7-4-8-13(16)2/h4-11,17H,3,12H2,1-2H3. The summed E-state index contributed by atoms with van der Waals surface area (Å²) in [4.78, 5) is 0.342. The van der Waals surface area contributed by atoms with Crippen LogP contribution in [-0.2, 0) is 23.0 Å². The minimum Gasteiger partial charge on any atom is -0.207 e. The maximum atomic E-state index is 12.3. The van der Waals surface area contributed by atoms with Gasteiger partial charge >= 0.3 is 0 Å². The Balaban J connectivity index is 2.20. The second kappa shape index (κ2) is 6.20. The number of sulfonamides is 1. The third kappa shape index (κ3) is 3.26. The summed E-state index contributed by atoms with van der Waals surface area (Å²) >= 11 is 0. The minimum atomic E-state index is -3.46. The molecule has 106 valence electrons. The zero-order valence-corrected chi connectivity index (χ0v) is 12.6. The zero-order chi connectivity index (χ0) is 14.6. The normalized spacial score (nSPS) is 11.5. The molecule has 0 amide bonds. The SMILES string of the molecule is CCc1ccccc1CNS(=O)(=O)c1ccccc1C. The fourth-order valence-corrected chi connectivity index (χ4v) is 3.43. The smallest absolute Gasteiger partial charge is 0.207 e. The molecular formula is C16H19NO2S. The lowest BCUT2D eigenvalue weighted by Crippen LogP contribution is -2.24. The van der Waals surface area contributed by atoms with Crippen molar-refractivity contribution < 1.29 is 8.42 Å². The van der Waals surface area contributed by atoms with Crippen LogP contribution in [0.3, 0.4) is 0 Å². The zero-order valence-electron chi connectivity index (χ0n) is 11.8. The molecule has 2 aromatic carbocycles. The topological polar surface area (TPSA) is 46.2 Å². The van der Waals surface area contributed by atoms with E-state index in [1.807, 2.05) is 30.3 Å². The molecule has 0 bridgehead atoms. The Kier molecular flexibility index (Phi) is 4.57. The molecule has 1 N–H and O–H groups in total. The summed E-state index contributed by atoms with van der Waals surface area (Å²) < 4.78 is 27.3. The molecule has 20 heavy (non-hydrogen) atoms. The molecule has 0 aliphatic heterocycles. The van der Waals surface area contributed by atoms with Gasteiger partial charge in [-0.05, 0) is 36.1 Å². The fraction of sp³-hybridized carbons (Fsp3) is 0.250. The van der Waals surface area contributed by atoms with Crippen LogP contribution in [-0.4, -0.2) is 8.42 Å². The first-order valence-corrected chi connectivity index (χ1v) is 8.15. The van der Waals surface area contributed by atoms with E-state index in [9.17, 15) is 8.42 Å². The summed E-state index contributed by atoms with van der Waals surface area (Å²) in [5.41, 5.74) is 2.94. The molecule has 0 aliphatic rings. The van der Waals surface area contributed by atoms with E-state index < -0.39 is 10.0 Å². The van der Waals surface area contributed by atoms with E-state index in [0.29, 0.717) is 11.4 Å². The van der Waals surface area contributed by atoms with Crippen LogP contribution in [0.2, 0.25) is 0 Å². The van der Waals surface area contributed by atoms with Gasteiger partial charge in [0.2, 0.25) is 10.0 Å². The average molecular weight is 289 g/mol. The van der Waals surface area contributed by atoms with Crippen LogP contribution in [0.4, 0.5) is 0 Å². The van der Waals surface area contributed by atoms with Crippen LogP contribution < -0.4 is 4.72 Å². The highest BCUT2D eigenvalue weighted by molar-refractivity contribution is 7.89. The maximum Gasteiger partial charge on any atom is 0.241 e. The predicted octanol–water partition coefficient (Wildman–Crippen LogP) is 3.04. The highest BCUT2D eigenvalue weighted by Crippen LogP contribution is 2.15. The van der Waals surface area contributed by atoms with Crippen molar-refractivity contribution in [3.05, 3.63) is 65.2 Å². The van der Waals surface area contributed by atoms with Gasteiger partial charge in [-0.15, -0.1) is 0 Å². The van der Waals surface area contributed by atoms with Crippen molar-refractivity contribution >= 4 is 10.0 Å². The summed E-state index contributed by atoms with van der Waals surface area (Å²) in [6.45, 7) is 4.18. The van der Waals surface area contributed by atoms with Crippen molar-refractivity contribution in [2.45, 2.75) is 31.7 Å². The van der Waals surface area contributed by atoms with Gasteiger partial charge in [0.1, 0.15) is 0 Å². The first kappa shape index (κ1) is 14.8. The Morgan fingerprint density at radius 1 is 0.950 bits per heavy atom. The van der Waals surface area contributed by atoms with Crippen molar-refractivity contribution in [2.75, 3.05) is 0 Å². The molecule has 2 rings (SSSR count). The third-order valence-corrected chi connectivity index (χ3v) is 4.90. The molecule has 0 aromatic heterocycles. The summed E-state index contributed by atoms with van der Waals surface area (Å²) in [7, 11) is -3.46. The highest BCUT2D eigenvalue weighted by Gasteiger charge is 2.16. The molecule has 0 aliphatic carbocycles. The van der Waals surface area contributed by atoms with Crippen molar-refractivity contribution in [3.8, 4) is 0 Å². The van der Waals surface area contributed by atoms with Gasteiger partial charge in [0.25, 0.3) is 0 Å². The Morgan fingerprint density at radius 2 is 1.55 bits per heavy atom. The number of hydrogen-bond acceptors (Lipinski definition) is 2. The van der Waals surface area contributed by atoms with Crippen LogP contribution in [0, 0.1) is 6.92 Å². The van der Waals surface area contributed by atoms with Crippen LogP contribution in [0.15, 0.2) is 53.4 Å². The van der Waals surface area contributed by atoms with Gasteiger partial charge in [-0.3, -0.25) is 0 Å². The average Bonchev–Trinajstić information content (AvgIpc) is 2.46. The molecule has 0 atom stereocenters. The number of hydrogen-bond donors (Lipinski definition) is 1. The second-order valence-electron chi connectivity index (χ2n) is 4.71. The van der Waals surface area contributed by atoms with Gasteiger partial charge in [-0.2, -0.15) is 0 Å². The molecule has 0 saturated carbocycles. The molecule has 0 heterocycles. The lowest BCUT2D eigenvalue weighted by molar-refractivity contribution is 0.580. The van der Waals surface area contributed by atoms with E-state index >= 15 is 0 Å². The molecule has 0 saturated heterocycles. The Hall–Kier alpha value is -1.65. The van der Waals surface area contributed by atoms with E-state index in [-0.39, 0.29) is 0 Å². The highest BCUT2D eigenvalue weighted by atomic mass is 32.2. The predicted molar refractivity (Wildman–Crippen MR) is 81.0 cm³/mol. The van der Waals surface area contributed by atoms with E-state index in [2.05, 4.69) is 11.6 Å². The van der Waals surface area contributed by atoms with Crippen LogP contribution in [0.5, 0.6) is 0 Å². The lowest BCUT2D eigenvalue weighted by Gasteiger charge is -2.11. The number of nitrogens with one attached hydrogen (secondary N) is 1. The van der Waals surface area contributed by atoms with Crippen LogP contribution >= 0.6 is 0 Å². The molecular weight excluding hydrogens is 270 g/mol. The Morgan fingerprint density at radius 3 is 2.20 bits per heavy atom. The molecule has 2 aromatic rings.